The Labute approximate surface area is 137 Å². The minimum atomic E-state index is -0.597. The van der Waals surface area contributed by atoms with E-state index in [0.717, 1.165) is 29.8 Å². The second-order valence-corrected chi connectivity index (χ2v) is 6.50. The van der Waals surface area contributed by atoms with Crippen molar-refractivity contribution in [3.63, 3.8) is 0 Å². The predicted octanol–water partition coefficient (Wildman–Crippen LogP) is 2.33. The minimum Gasteiger partial charge on any atom is -0.497 e. The van der Waals surface area contributed by atoms with Gasteiger partial charge in [0.05, 0.1) is 12.5 Å². The monoisotopic (exact) mass is 316 g/mol. The van der Waals surface area contributed by atoms with Crippen molar-refractivity contribution in [3.8, 4) is 5.75 Å². The van der Waals surface area contributed by atoms with Gasteiger partial charge in [-0.15, -0.1) is 0 Å². The molecule has 0 radical (unpaired) electrons. The summed E-state index contributed by atoms with van der Waals surface area (Å²) in [6.45, 7) is 3.22. The van der Waals surface area contributed by atoms with Gasteiger partial charge in [-0.1, -0.05) is 13.3 Å². The van der Waals surface area contributed by atoms with Crippen molar-refractivity contribution in [2.24, 2.45) is 0 Å². The highest BCUT2D eigenvalue weighted by Gasteiger charge is 2.54. The van der Waals surface area contributed by atoms with Gasteiger partial charge in [-0.2, -0.15) is 0 Å². The number of likely N-dealkylation sites (N-methyl/N-ethyl adjacent to an activating group) is 1. The standard InChI is InChI=1S/C18H24N2O3/c1-4-5-6-16(21)20-10-9-18(12-20)14-11-13(23-3)7-8-15(14)19(2)17(18)22/h7-8,11H,4-6,9-10,12H2,1-3H3/t18-/m1/s1. The van der Waals surface area contributed by atoms with Gasteiger partial charge in [0.15, 0.2) is 0 Å². The number of hydrogen-bond donors (Lipinski definition) is 0. The van der Waals surface area contributed by atoms with E-state index in [9.17, 15) is 9.59 Å². The summed E-state index contributed by atoms with van der Waals surface area (Å²) in [4.78, 5) is 28.8. The normalized spacial score (nSPS) is 22.8. The fourth-order valence-electron chi connectivity index (χ4n) is 3.77. The van der Waals surface area contributed by atoms with Crippen molar-refractivity contribution in [1.29, 1.82) is 0 Å². The molecule has 2 aliphatic heterocycles. The highest BCUT2D eigenvalue weighted by molar-refractivity contribution is 6.08. The second kappa shape index (κ2) is 5.87. The molecule has 0 aliphatic carbocycles. The van der Waals surface area contributed by atoms with E-state index in [1.54, 1.807) is 12.0 Å². The quantitative estimate of drug-likeness (QED) is 0.856. The van der Waals surface area contributed by atoms with E-state index in [2.05, 4.69) is 6.92 Å². The van der Waals surface area contributed by atoms with Crippen molar-refractivity contribution < 1.29 is 14.3 Å². The first-order valence-electron chi connectivity index (χ1n) is 8.28. The molecule has 124 valence electrons. The first-order valence-corrected chi connectivity index (χ1v) is 8.28. The van der Waals surface area contributed by atoms with Gasteiger partial charge in [-0.3, -0.25) is 9.59 Å². The van der Waals surface area contributed by atoms with E-state index in [1.165, 1.54) is 0 Å². The summed E-state index contributed by atoms with van der Waals surface area (Å²) in [5.74, 6) is 1.00. The number of amides is 2. The summed E-state index contributed by atoms with van der Waals surface area (Å²) in [6.07, 6.45) is 3.17. The van der Waals surface area contributed by atoms with Crippen molar-refractivity contribution in [3.05, 3.63) is 23.8 Å². The molecule has 2 heterocycles. The van der Waals surface area contributed by atoms with Crippen LogP contribution in [0.25, 0.3) is 0 Å². The largest absolute Gasteiger partial charge is 0.497 e. The number of fused-ring (bicyclic) bond motifs is 2. The lowest BCUT2D eigenvalue weighted by Crippen LogP contribution is -2.42. The van der Waals surface area contributed by atoms with Gasteiger partial charge in [0.25, 0.3) is 0 Å². The third-order valence-electron chi connectivity index (χ3n) is 5.16. The Bertz CT molecular complexity index is 643. The number of carbonyl (C=O) groups is 2. The first kappa shape index (κ1) is 15.8. The molecule has 0 aromatic heterocycles. The van der Waals surface area contributed by atoms with Gasteiger partial charge in [0, 0.05) is 32.2 Å². The fourth-order valence-corrected chi connectivity index (χ4v) is 3.77. The Kier molecular flexibility index (Phi) is 4.04. The molecule has 2 aliphatic rings. The number of methoxy groups -OCH3 is 1. The summed E-state index contributed by atoms with van der Waals surface area (Å²) < 4.78 is 5.33. The molecule has 0 bridgehead atoms. The molecule has 1 aromatic rings. The van der Waals surface area contributed by atoms with Crippen LogP contribution in [-0.2, 0) is 15.0 Å². The molecule has 0 N–H and O–H groups in total. The number of unbranched alkanes of at least 4 members (excludes halogenated alkanes) is 1. The van der Waals surface area contributed by atoms with E-state index in [-0.39, 0.29) is 11.8 Å². The lowest BCUT2D eigenvalue weighted by molar-refractivity contribution is -0.130. The molecule has 0 saturated carbocycles. The molecular formula is C18H24N2O3. The maximum absolute atomic E-state index is 12.9. The highest BCUT2D eigenvalue weighted by atomic mass is 16.5. The van der Waals surface area contributed by atoms with E-state index < -0.39 is 5.41 Å². The van der Waals surface area contributed by atoms with Gasteiger partial charge >= 0.3 is 0 Å². The molecule has 5 nitrogen and oxygen atoms in total. The Morgan fingerprint density at radius 1 is 1.39 bits per heavy atom. The number of anilines is 1. The Morgan fingerprint density at radius 2 is 2.17 bits per heavy atom. The molecule has 0 unspecified atom stereocenters. The number of nitrogens with zero attached hydrogens (tertiary/aromatic N) is 2. The van der Waals surface area contributed by atoms with Crippen LogP contribution >= 0.6 is 0 Å². The minimum absolute atomic E-state index is 0.0894. The number of hydrogen-bond acceptors (Lipinski definition) is 3. The summed E-state index contributed by atoms with van der Waals surface area (Å²) in [7, 11) is 3.44. The zero-order valence-electron chi connectivity index (χ0n) is 14.1. The molecule has 3 rings (SSSR count). The van der Waals surface area contributed by atoms with Crippen LogP contribution in [0, 0.1) is 0 Å². The van der Waals surface area contributed by atoms with E-state index in [0.29, 0.717) is 25.9 Å². The third-order valence-corrected chi connectivity index (χ3v) is 5.16. The highest BCUT2D eigenvalue weighted by Crippen LogP contribution is 2.48. The summed E-state index contributed by atoms with van der Waals surface area (Å²) in [5.41, 5.74) is 1.33. The van der Waals surface area contributed by atoms with Crippen LogP contribution < -0.4 is 9.64 Å². The fraction of sp³-hybridized carbons (Fsp3) is 0.556. The Hall–Kier alpha value is -2.04. The van der Waals surface area contributed by atoms with Gasteiger partial charge in [-0.05, 0) is 36.6 Å². The molecular weight excluding hydrogens is 292 g/mol. The third kappa shape index (κ3) is 2.38. The molecule has 23 heavy (non-hydrogen) atoms. The number of carbonyl (C=O) groups excluding carboxylic acids is 2. The zero-order chi connectivity index (χ0) is 16.6. The van der Waals surface area contributed by atoms with Gasteiger partial charge in [0.2, 0.25) is 11.8 Å². The molecule has 1 aromatic carbocycles. The maximum Gasteiger partial charge on any atom is 0.239 e. The smallest absolute Gasteiger partial charge is 0.239 e. The van der Waals surface area contributed by atoms with Crippen LogP contribution in [0.5, 0.6) is 5.75 Å². The summed E-state index contributed by atoms with van der Waals surface area (Å²) in [6, 6.07) is 5.76. The van der Waals surface area contributed by atoms with Crippen molar-refractivity contribution in [1.82, 2.24) is 4.90 Å². The van der Waals surface area contributed by atoms with Crippen molar-refractivity contribution >= 4 is 17.5 Å². The Morgan fingerprint density at radius 3 is 2.87 bits per heavy atom. The first-order chi connectivity index (χ1) is 11.0. The number of ether oxygens (including phenoxy) is 1. The predicted molar refractivity (Wildman–Crippen MR) is 88.8 cm³/mol. The van der Waals surface area contributed by atoms with Gasteiger partial charge in [-0.25, -0.2) is 0 Å². The van der Waals surface area contributed by atoms with Crippen LogP contribution in [0.2, 0.25) is 0 Å². The molecule has 1 saturated heterocycles. The summed E-state index contributed by atoms with van der Waals surface area (Å²) in [5, 5.41) is 0. The number of rotatable bonds is 4. The van der Waals surface area contributed by atoms with E-state index in [4.69, 9.17) is 4.74 Å². The lowest BCUT2D eigenvalue weighted by atomic mass is 9.81. The van der Waals surface area contributed by atoms with Crippen LogP contribution in [0.4, 0.5) is 5.69 Å². The zero-order valence-corrected chi connectivity index (χ0v) is 14.1. The van der Waals surface area contributed by atoms with Crippen LogP contribution in [0.15, 0.2) is 18.2 Å². The van der Waals surface area contributed by atoms with E-state index in [1.807, 2.05) is 30.1 Å². The molecule has 1 spiro atoms. The SMILES string of the molecule is CCCCC(=O)N1CC[C@]2(C1)C(=O)N(C)c1ccc(OC)cc12. The molecule has 1 atom stereocenters. The average molecular weight is 316 g/mol. The number of benzene rings is 1. The van der Waals surface area contributed by atoms with Gasteiger partial charge in [0.1, 0.15) is 5.75 Å². The average Bonchev–Trinajstić information content (AvgIpc) is 3.11. The van der Waals surface area contributed by atoms with Crippen LogP contribution in [-0.4, -0.2) is 44.0 Å². The number of likely N-dealkylation sites (tertiary alicyclic amines) is 1. The van der Waals surface area contributed by atoms with Gasteiger partial charge < -0.3 is 14.5 Å². The lowest BCUT2D eigenvalue weighted by Gasteiger charge is -2.23. The van der Waals surface area contributed by atoms with Crippen LogP contribution in [0.3, 0.4) is 0 Å². The van der Waals surface area contributed by atoms with Crippen molar-refractivity contribution in [2.45, 2.75) is 38.0 Å². The Balaban J connectivity index is 1.91. The molecule has 2 amide bonds. The maximum atomic E-state index is 12.9. The summed E-state index contributed by atoms with van der Waals surface area (Å²) >= 11 is 0. The topological polar surface area (TPSA) is 49.9 Å². The van der Waals surface area contributed by atoms with E-state index >= 15 is 0 Å². The van der Waals surface area contributed by atoms with Crippen molar-refractivity contribution in [2.75, 3.05) is 32.1 Å². The second-order valence-electron chi connectivity index (χ2n) is 6.50. The van der Waals surface area contributed by atoms with Crippen LogP contribution in [0.1, 0.15) is 38.2 Å². The molecule has 5 heteroatoms. The molecule has 1 fully saturated rings.